The van der Waals surface area contributed by atoms with Gasteiger partial charge in [-0.15, -0.1) is 0 Å². The number of hydrogen-bond donors (Lipinski definition) is 0. The maximum atomic E-state index is 11.3. The summed E-state index contributed by atoms with van der Waals surface area (Å²) < 4.78 is 14.8. The third kappa shape index (κ3) is 5.87. The van der Waals surface area contributed by atoms with Crippen LogP contribution in [-0.2, 0) is 28.6 Å². The molecule has 1 aliphatic heterocycles. The maximum absolute atomic E-state index is 11.3. The second-order valence-corrected chi connectivity index (χ2v) is 5.44. The summed E-state index contributed by atoms with van der Waals surface area (Å²) in [4.78, 5) is 33.5. The molecule has 0 bridgehead atoms. The van der Waals surface area contributed by atoms with Gasteiger partial charge in [-0.25, -0.2) is 0 Å². The van der Waals surface area contributed by atoms with Gasteiger partial charge in [-0.3, -0.25) is 14.4 Å². The van der Waals surface area contributed by atoms with Crippen molar-refractivity contribution >= 4 is 18.2 Å². The van der Waals surface area contributed by atoms with Gasteiger partial charge in [-0.2, -0.15) is 0 Å². The molecule has 22 heavy (non-hydrogen) atoms. The second-order valence-electron chi connectivity index (χ2n) is 5.44. The second kappa shape index (κ2) is 9.23. The summed E-state index contributed by atoms with van der Waals surface area (Å²) in [7, 11) is 2.72. The standard InChI is InChI=1S/C16H24O6/c1-20-14(18)6-3-5-13-8-10-16(12-17,22-11-13)9-4-7-15(19)21-2/h11-12H,3-10H2,1-2H3. The number of rotatable bonds is 9. The van der Waals surface area contributed by atoms with Crippen LogP contribution in [0.2, 0.25) is 0 Å². The van der Waals surface area contributed by atoms with Gasteiger partial charge in [-0.05, 0) is 44.1 Å². The molecular weight excluding hydrogens is 288 g/mol. The van der Waals surface area contributed by atoms with E-state index in [-0.39, 0.29) is 18.4 Å². The highest BCUT2D eigenvalue weighted by Gasteiger charge is 2.33. The van der Waals surface area contributed by atoms with E-state index in [0.717, 1.165) is 24.7 Å². The van der Waals surface area contributed by atoms with Crippen molar-refractivity contribution in [1.82, 2.24) is 0 Å². The summed E-state index contributed by atoms with van der Waals surface area (Å²) in [6.07, 6.45) is 7.00. The van der Waals surface area contributed by atoms with E-state index >= 15 is 0 Å². The SMILES string of the molecule is COC(=O)CCCC1=COC(C=O)(CCCC(=O)OC)CC1. The van der Waals surface area contributed by atoms with Crippen LogP contribution in [0.25, 0.3) is 0 Å². The molecule has 0 aliphatic carbocycles. The van der Waals surface area contributed by atoms with Gasteiger partial charge in [0.1, 0.15) is 0 Å². The normalized spacial score (nSPS) is 20.5. The fourth-order valence-electron chi connectivity index (χ4n) is 2.40. The van der Waals surface area contributed by atoms with Gasteiger partial charge < -0.3 is 14.2 Å². The highest BCUT2D eigenvalue weighted by atomic mass is 16.5. The Labute approximate surface area is 130 Å². The number of ether oxygens (including phenoxy) is 3. The Morgan fingerprint density at radius 1 is 1.23 bits per heavy atom. The lowest BCUT2D eigenvalue weighted by Crippen LogP contribution is -2.35. The topological polar surface area (TPSA) is 78.9 Å². The van der Waals surface area contributed by atoms with Crippen LogP contribution in [0.1, 0.15) is 51.4 Å². The van der Waals surface area contributed by atoms with Crippen molar-refractivity contribution < 1.29 is 28.6 Å². The lowest BCUT2D eigenvalue weighted by atomic mass is 9.88. The Morgan fingerprint density at radius 3 is 2.36 bits per heavy atom. The van der Waals surface area contributed by atoms with Crippen molar-refractivity contribution in [3.63, 3.8) is 0 Å². The van der Waals surface area contributed by atoms with E-state index in [9.17, 15) is 14.4 Å². The summed E-state index contributed by atoms with van der Waals surface area (Å²) in [5.41, 5.74) is 0.259. The van der Waals surface area contributed by atoms with Crippen molar-refractivity contribution in [2.45, 2.75) is 57.0 Å². The van der Waals surface area contributed by atoms with Gasteiger partial charge in [0.2, 0.25) is 0 Å². The molecule has 1 aliphatic rings. The first-order valence-electron chi connectivity index (χ1n) is 7.51. The minimum atomic E-state index is -0.833. The molecule has 0 fully saturated rings. The van der Waals surface area contributed by atoms with Crippen LogP contribution in [0.4, 0.5) is 0 Å². The summed E-state index contributed by atoms with van der Waals surface area (Å²) in [5, 5.41) is 0. The van der Waals surface area contributed by atoms with Crippen molar-refractivity contribution in [3.05, 3.63) is 11.8 Å². The number of hydrogen-bond acceptors (Lipinski definition) is 6. The van der Waals surface area contributed by atoms with Gasteiger partial charge >= 0.3 is 11.9 Å². The first-order chi connectivity index (χ1) is 10.5. The molecule has 1 atom stereocenters. The van der Waals surface area contributed by atoms with Gasteiger partial charge in [-0.1, -0.05) is 0 Å². The molecule has 6 heteroatoms. The zero-order valence-electron chi connectivity index (χ0n) is 13.3. The van der Waals surface area contributed by atoms with E-state index in [1.807, 2.05) is 0 Å². The fourth-order valence-corrected chi connectivity index (χ4v) is 2.40. The number of methoxy groups -OCH3 is 2. The molecule has 1 heterocycles. The summed E-state index contributed by atoms with van der Waals surface area (Å²) in [6, 6.07) is 0. The van der Waals surface area contributed by atoms with Crippen LogP contribution in [0, 0.1) is 0 Å². The number of esters is 2. The number of allylic oxidation sites excluding steroid dienone is 1. The Bertz CT molecular complexity index is 428. The minimum Gasteiger partial charge on any atom is -0.487 e. The van der Waals surface area contributed by atoms with Crippen LogP contribution < -0.4 is 0 Å². The minimum absolute atomic E-state index is 0.220. The maximum Gasteiger partial charge on any atom is 0.305 e. The van der Waals surface area contributed by atoms with Gasteiger partial charge in [0.05, 0.1) is 20.5 Å². The van der Waals surface area contributed by atoms with Crippen LogP contribution >= 0.6 is 0 Å². The first kappa shape index (κ1) is 18.2. The molecule has 124 valence electrons. The highest BCUT2D eigenvalue weighted by molar-refractivity contribution is 5.69. The first-order valence-corrected chi connectivity index (χ1v) is 7.51. The zero-order chi connectivity index (χ0) is 16.4. The molecule has 0 saturated heterocycles. The van der Waals surface area contributed by atoms with Crippen molar-refractivity contribution in [2.75, 3.05) is 14.2 Å². The predicted octanol–water partition coefficient (Wildman–Crippen LogP) is 2.31. The largest absolute Gasteiger partial charge is 0.487 e. The average Bonchev–Trinajstić information content (AvgIpc) is 2.56. The van der Waals surface area contributed by atoms with Crippen molar-refractivity contribution in [3.8, 4) is 0 Å². The smallest absolute Gasteiger partial charge is 0.305 e. The van der Waals surface area contributed by atoms with Crippen molar-refractivity contribution in [1.29, 1.82) is 0 Å². The average molecular weight is 312 g/mol. The Kier molecular flexibility index (Phi) is 7.63. The summed E-state index contributed by atoms with van der Waals surface area (Å²) in [5.74, 6) is -0.502. The molecule has 0 aromatic rings. The fraction of sp³-hybridized carbons (Fsp3) is 0.688. The predicted molar refractivity (Wildman–Crippen MR) is 78.9 cm³/mol. The third-order valence-corrected chi connectivity index (χ3v) is 3.86. The Hall–Kier alpha value is -1.85. The molecular formula is C16H24O6. The molecule has 0 aromatic heterocycles. The lowest BCUT2D eigenvalue weighted by Gasteiger charge is -2.32. The highest BCUT2D eigenvalue weighted by Crippen LogP contribution is 2.32. The Morgan fingerprint density at radius 2 is 1.86 bits per heavy atom. The van der Waals surface area contributed by atoms with Crippen molar-refractivity contribution in [2.24, 2.45) is 0 Å². The van der Waals surface area contributed by atoms with E-state index in [1.54, 1.807) is 6.26 Å². The van der Waals surface area contributed by atoms with E-state index < -0.39 is 5.60 Å². The molecule has 0 aromatic carbocycles. The lowest BCUT2D eigenvalue weighted by molar-refractivity contribution is -0.142. The monoisotopic (exact) mass is 312 g/mol. The van der Waals surface area contributed by atoms with E-state index in [2.05, 4.69) is 9.47 Å². The quantitative estimate of drug-likeness (QED) is 0.480. The number of carbonyl (C=O) groups is 3. The van der Waals surface area contributed by atoms with Gasteiger partial charge in [0.25, 0.3) is 0 Å². The van der Waals surface area contributed by atoms with E-state index in [1.165, 1.54) is 14.2 Å². The van der Waals surface area contributed by atoms with Crippen LogP contribution in [0.15, 0.2) is 11.8 Å². The third-order valence-electron chi connectivity index (χ3n) is 3.86. The van der Waals surface area contributed by atoms with Crippen LogP contribution in [0.5, 0.6) is 0 Å². The van der Waals surface area contributed by atoms with Crippen LogP contribution in [0.3, 0.4) is 0 Å². The molecule has 6 nitrogen and oxygen atoms in total. The molecule has 0 N–H and O–H groups in total. The van der Waals surface area contributed by atoms with Gasteiger partial charge in [0, 0.05) is 12.8 Å². The number of aldehydes is 1. The summed E-state index contributed by atoms with van der Waals surface area (Å²) in [6.45, 7) is 0. The molecule has 0 radical (unpaired) electrons. The molecule has 1 unspecified atom stereocenters. The van der Waals surface area contributed by atoms with E-state index in [4.69, 9.17) is 4.74 Å². The zero-order valence-corrected chi connectivity index (χ0v) is 13.3. The molecule has 0 spiro atoms. The molecule has 0 saturated carbocycles. The van der Waals surface area contributed by atoms with Crippen LogP contribution in [-0.4, -0.2) is 38.0 Å². The molecule has 1 rings (SSSR count). The molecule has 0 amide bonds. The number of carbonyl (C=O) groups excluding carboxylic acids is 3. The summed E-state index contributed by atoms with van der Waals surface area (Å²) >= 11 is 0. The van der Waals surface area contributed by atoms with E-state index in [0.29, 0.717) is 32.1 Å². The Balaban J connectivity index is 2.39. The van der Waals surface area contributed by atoms with Gasteiger partial charge in [0.15, 0.2) is 11.9 Å².